The molecule has 0 amide bonds. The summed E-state index contributed by atoms with van der Waals surface area (Å²) in [5.74, 6) is 0.0302. The van der Waals surface area contributed by atoms with Crippen molar-refractivity contribution in [3.05, 3.63) is 75.1 Å². The minimum atomic E-state index is -0.774. The van der Waals surface area contributed by atoms with E-state index in [-0.39, 0.29) is 5.63 Å². The van der Waals surface area contributed by atoms with Gasteiger partial charge in [-0.1, -0.05) is 30.3 Å². The first-order valence-electron chi connectivity index (χ1n) is 8.76. The zero-order valence-electron chi connectivity index (χ0n) is 15.9. The third-order valence-corrected chi connectivity index (χ3v) is 4.55. The van der Waals surface area contributed by atoms with Crippen molar-refractivity contribution in [2.24, 2.45) is 0 Å². The molecule has 0 fully saturated rings. The van der Waals surface area contributed by atoms with Gasteiger partial charge in [-0.15, -0.1) is 0 Å². The number of rotatable bonds is 5. The quantitative estimate of drug-likeness (QED) is 0.505. The Kier molecular flexibility index (Phi) is 5.31. The molecular formula is C22H22O5. The molecule has 0 aliphatic heterocycles. The zero-order valence-corrected chi connectivity index (χ0v) is 15.9. The summed E-state index contributed by atoms with van der Waals surface area (Å²) in [6, 6.07) is 13.4. The maximum Gasteiger partial charge on any atom is 0.346 e. The molecule has 0 aliphatic carbocycles. The van der Waals surface area contributed by atoms with Gasteiger partial charge in [0, 0.05) is 12.0 Å². The molecule has 0 bridgehead atoms. The number of hydrogen-bond donors (Lipinski definition) is 0. The minimum absolute atomic E-state index is 0.360. The van der Waals surface area contributed by atoms with Crippen LogP contribution in [-0.2, 0) is 16.0 Å². The first kappa shape index (κ1) is 18.7. The van der Waals surface area contributed by atoms with Crippen LogP contribution in [-0.4, -0.2) is 19.2 Å². The van der Waals surface area contributed by atoms with E-state index in [1.165, 1.54) is 7.11 Å². The maximum atomic E-state index is 12.6. The Morgan fingerprint density at radius 1 is 1.15 bits per heavy atom. The molecule has 5 heteroatoms. The molecule has 27 heavy (non-hydrogen) atoms. The van der Waals surface area contributed by atoms with Crippen molar-refractivity contribution < 1.29 is 18.7 Å². The van der Waals surface area contributed by atoms with Crippen LogP contribution in [0.5, 0.6) is 5.75 Å². The highest BCUT2D eigenvalue weighted by atomic mass is 16.6. The van der Waals surface area contributed by atoms with E-state index in [1.807, 2.05) is 50.2 Å². The van der Waals surface area contributed by atoms with Crippen LogP contribution in [0.3, 0.4) is 0 Å². The lowest BCUT2D eigenvalue weighted by Crippen LogP contribution is -2.25. The molecule has 140 valence electrons. The topological polar surface area (TPSA) is 65.7 Å². The number of hydrogen-bond acceptors (Lipinski definition) is 5. The second-order valence-electron chi connectivity index (χ2n) is 6.57. The summed E-state index contributed by atoms with van der Waals surface area (Å²) in [6.07, 6.45) is -0.311. The monoisotopic (exact) mass is 366 g/mol. The summed E-state index contributed by atoms with van der Waals surface area (Å²) in [4.78, 5) is 24.3. The van der Waals surface area contributed by atoms with Crippen molar-refractivity contribution in [1.82, 2.24) is 0 Å². The van der Waals surface area contributed by atoms with Crippen molar-refractivity contribution in [2.45, 2.75) is 33.3 Å². The number of fused-ring (bicyclic) bond motifs is 1. The Balaban J connectivity index is 2.14. The van der Waals surface area contributed by atoms with Gasteiger partial charge in [0.2, 0.25) is 0 Å². The fourth-order valence-electron chi connectivity index (χ4n) is 3.14. The largest absolute Gasteiger partial charge is 0.478 e. The van der Waals surface area contributed by atoms with E-state index in [0.717, 1.165) is 16.7 Å². The van der Waals surface area contributed by atoms with Crippen molar-refractivity contribution >= 4 is 16.9 Å². The highest BCUT2D eigenvalue weighted by Gasteiger charge is 2.20. The number of ether oxygens (including phenoxy) is 2. The van der Waals surface area contributed by atoms with E-state index in [9.17, 15) is 9.59 Å². The van der Waals surface area contributed by atoms with Gasteiger partial charge in [0.1, 0.15) is 11.3 Å². The van der Waals surface area contributed by atoms with Gasteiger partial charge in [-0.05, 0) is 49.6 Å². The summed E-state index contributed by atoms with van der Waals surface area (Å²) < 4.78 is 16.2. The van der Waals surface area contributed by atoms with Crippen LogP contribution in [0, 0.1) is 13.8 Å². The van der Waals surface area contributed by atoms with Gasteiger partial charge in [0.25, 0.3) is 0 Å². The second kappa shape index (κ2) is 7.66. The Hall–Kier alpha value is -3.08. The van der Waals surface area contributed by atoms with Crippen LogP contribution in [0.4, 0.5) is 0 Å². The molecule has 0 unspecified atom stereocenters. The molecule has 3 rings (SSSR count). The Labute approximate surface area is 157 Å². The molecule has 0 saturated heterocycles. The van der Waals surface area contributed by atoms with Crippen LogP contribution >= 0.6 is 0 Å². The molecule has 0 saturated carbocycles. The fraction of sp³-hybridized carbons (Fsp3) is 0.273. The van der Waals surface area contributed by atoms with Gasteiger partial charge in [0.05, 0.1) is 12.5 Å². The molecule has 0 N–H and O–H groups in total. The molecule has 2 aromatic carbocycles. The van der Waals surface area contributed by atoms with Crippen molar-refractivity contribution in [1.29, 1.82) is 0 Å². The van der Waals surface area contributed by atoms with Gasteiger partial charge in [-0.2, -0.15) is 0 Å². The van der Waals surface area contributed by atoms with Crippen molar-refractivity contribution in [3.63, 3.8) is 0 Å². The van der Waals surface area contributed by atoms with E-state index in [1.54, 1.807) is 13.0 Å². The number of carbonyl (C=O) groups is 1. The average Bonchev–Trinajstić information content (AvgIpc) is 2.64. The molecule has 0 spiro atoms. The number of aryl methyl sites for hydroxylation is 2. The molecule has 1 atom stereocenters. The Morgan fingerprint density at radius 3 is 2.52 bits per heavy atom. The van der Waals surface area contributed by atoms with Gasteiger partial charge < -0.3 is 13.9 Å². The molecular weight excluding hydrogens is 344 g/mol. The predicted molar refractivity (Wildman–Crippen MR) is 103 cm³/mol. The first-order chi connectivity index (χ1) is 12.9. The molecule has 1 heterocycles. The fourth-order valence-corrected chi connectivity index (χ4v) is 3.14. The average molecular weight is 366 g/mol. The minimum Gasteiger partial charge on any atom is -0.478 e. The first-order valence-corrected chi connectivity index (χ1v) is 8.76. The molecule has 0 aliphatic rings. The van der Waals surface area contributed by atoms with E-state index in [4.69, 9.17) is 13.9 Å². The van der Waals surface area contributed by atoms with Crippen molar-refractivity contribution in [2.75, 3.05) is 7.11 Å². The zero-order chi connectivity index (χ0) is 19.6. The standard InChI is InChI=1S/C22H22O5/c1-13-10-18(26-15(3)21(23)25-4)20-14(2)17(22(24)27-19(20)11-13)12-16-8-6-5-7-9-16/h5-11,15H,12H2,1-4H3/t15-/m0/s1. The van der Waals surface area contributed by atoms with E-state index >= 15 is 0 Å². The summed E-state index contributed by atoms with van der Waals surface area (Å²) in [6.45, 7) is 5.38. The molecule has 5 nitrogen and oxygen atoms in total. The summed E-state index contributed by atoms with van der Waals surface area (Å²) in [5.41, 5.74) is 3.34. The SMILES string of the molecule is COC(=O)[C@H](C)Oc1cc(C)cc2oc(=O)c(Cc3ccccc3)c(C)c12. The Bertz CT molecular complexity index is 1030. The van der Waals surface area contributed by atoms with E-state index in [0.29, 0.717) is 28.7 Å². The highest BCUT2D eigenvalue weighted by Crippen LogP contribution is 2.32. The van der Waals surface area contributed by atoms with Crippen LogP contribution in [0.25, 0.3) is 11.0 Å². The number of methoxy groups -OCH3 is 1. The smallest absolute Gasteiger partial charge is 0.346 e. The second-order valence-corrected chi connectivity index (χ2v) is 6.57. The van der Waals surface area contributed by atoms with Crippen LogP contribution in [0.2, 0.25) is 0 Å². The van der Waals surface area contributed by atoms with Gasteiger partial charge in [-0.3, -0.25) is 0 Å². The highest BCUT2D eigenvalue weighted by molar-refractivity contribution is 5.89. The van der Waals surface area contributed by atoms with E-state index < -0.39 is 12.1 Å². The van der Waals surface area contributed by atoms with Crippen LogP contribution in [0.1, 0.15) is 29.2 Å². The molecule has 1 aromatic heterocycles. The third-order valence-electron chi connectivity index (χ3n) is 4.55. The van der Waals surface area contributed by atoms with Gasteiger partial charge in [0.15, 0.2) is 6.10 Å². The lowest BCUT2D eigenvalue weighted by Gasteiger charge is -2.17. The van der Waals surface area contributed by atoms with E-state index in [2.05, 4.69) is 0 Å². The van der Waals surface area contributed by atoms with Crippen LogP contribution in [0.15, 0.2) is 51.7 Å². The maximum absolute atomic E-state index is 12.6. The van der Waals surface area contributed by atoms with Gasteiger partial charge >= 0.3 is 11.6 Å². The summed E-state index contributed by atoms with van der Waals surface area (Å²) in [7, 11) is 1.32. The lowest BCUT2D eigenvalue weighted by molar-refractivity contribution is -0.147. The number of benzene rings is 2. The Morgan fingerprint density at radius 2 is 1.85 bits per heavy atom. The normalized spacial score (nSPS) is 12.0. The molecule has 0 radical (unpaired) electrons. The van der Waals surface area contributed by atoms with Crippen molar-refractivity contribution in [3.8, 4) is 5.75 Å². The number of carbonyl (C=O) groups excluding carboxylic acids is 1. The van der Waals surface area contributed by atoms with Crippen LogP contribution < -0.4 is 10.4 Å². The lowest BCUT2D eigenvalue weighted by atomic mass is 9.98. The third kappa shape index (κ3) is 3.87. The van der Waals surface area contributed by atoms with Gasteiger partial charge in [-0.25, -0.2) is 9.59 Å². The summed E-state index contributed by atoms with van der Waals surface area (Å²) in [5, 5.41) is 0.696. The summed E-state index contributed by atoms with van der Waals surface area (Å²) >= 11 is 0. The number of esters is 1. The predicted octanol–water partition coefficient (Wildman–Crippen LogP) is 3.94. The molecule has 3 aromatic rings.